The summed E-state index contributed by atoms with van der Waals surface area (Å²) in [6, 6.07) is 0. The highest BCUT2D eigenvalue weighted by Crippen LogP contribution is 2.14. The van der Waals surface area contributed by atoms with Gasteiger partial charge in [-0.2, -0.15) is 0 Å². The van der Waals surface area contributed by atoms with Crippen molar-refractivity contribution in [2.24, 2.45) is 5.92 Å². The van der Waals surface area contributed by atoms with Crippen LogP contribution in [0.2, 0.25) is 0 Å². The van der Waals surface area contributed by atoms with Gasteiger partial charge in [-0.05, 0) is 12.3 Å². The molecule has 0 radical (unpaired) electrons. The Morgan fingerprint density at radius 3 is 2.59 bits per heavy atom. The van der Waals surface area contributed by atoms with Crippen LogP contribution in [0.5, 0.6) is 0 Å². The number of carboxylic acids is 1. The standard InChI is InChI=1S/C13H27NO3/c1-4-6-7-12(5-2)10-14(8-9-17-3)11-13(15)16/h12H,4-11H2,1-3H3,(H,15,16). The normalized spacial score (nSPS) is 12.9. The predicted octanol–water partition coefficient (Wildman–Crippen LogP) is 2.24. The van der Waals surface area contributed by atoms with E-state index in [0.717, 1.165) is 13.0 Å². The van der Waals surface area contributed by atoms with Gasteiger partial charge in [-0.1, -0.05) is 33.1 Å². The average molecular weight is 245 g/mol. The molecule has 4 nitrogen and oxygen atoms in total. The number of unbranched alkanes of at least 4 members (excludes halogenated alkanes) is 1. The van der Waals surface area contributed by atoms with Crippen molar-refractivity contribution in [2.45, 2.75) is 39.5 Å². The first-order valence-corrected chi connectivity index (χ1v) is 6.57. The predicted molar refractivity (Wildman–Crippen MR) is 69.3 cm³/mol. The van der Waals surface area contributed by atoms with E-state index >= 15 is 0 Å². The minimum absolute atomic E-state index is 0.117. The molecule has 0 aliphatic rings. The summed E-state index contributed by atoms with van der Waals surface area (Å²) in [5.74, 6) is -0.155. The molecule has 0 spiro atoms. The smallest absolute Gasteiger partial charge is 0.317 e. The van der Waals surface area contributed by atoms with E-state index in [1.807, 2.05) is 4.90 Å². The lowest BCUT2D eigenvalue weighted by Gasteiger charge is -2.25. The number of nitrogens with zero attached hydrogens (tertiary/aromatic N) is 1. The third-order valence-electron chi connectivity index (χ3n) is 3.03. The molecule has 0 rings (SSSR count). The van der Waals surface area contributed by atoms with Gasteiger partial charge in [0, 0.05) is 20.2 Å². The van der Waals surface area contributed by atoms with Crippen molar-refractivity contribution >= 4 is 5.97 Å². The van der Waals surface area contributed by atoms with E-state index in [9.17, 15) is 4.79 Å². The lowest BCUT2D eigenvalue weighted by atomic mass is 9.99. The molecule has 17 heavy (non-hydrogen) atoms. The number of methoxy groups -OCH3 is 1. The molecule has 102 valence electrons. The Kier molecular flexibility index (Phi) is 10.2. The second-order valence-corrected chi connectivity index (χ2v) is 4.54. The zero-order chi connectivity index (χ0) is 13.1. The van der Waals surface area contributed by atoms with E-state index in [4.69, 9.17) is 9.84 Å². The fourth-order valence-electron chi connectivity index (χ4n) is 1.93. The maximum atomic E-state index is 10.8. The molecule has 1 N–H and O–H groups in total. The molecule has 1 atom stereocenters. The summed E-state index contributed by atoms with van der Waals surface area (Å²) in [6.45, 7) is 6.64. The van der Waals surface area contributed by atoms with Crippen LogP contribution in [0.25, 0.3) is 0 Å². The molecule has 0 heterocycles. The fraction of sp³-hybridized carbons (Fsp3) is 0.923. The summed E-state index contributed by atoms with van der Waals surface area (Å²) >= 11 is 0. The summed E-state index contributed by atoms with van der Waals surface area (Å²) in [6.07, 6.45) is 4.73. The Bertz CT molecular complexity index is 197. The molecule has 0 aliphatic carbocycles. The van der Waals surface area contributed by atoms with Gasteiger partial charge in [0.1, 0.15) is 0 Å². The summed E-state index contributed by atoms with van der Waals surface area (Å²) in [4.78, 5) is 12.8. The molecule has 0 aromatic heterocycles. The summed E-state index contributed by atoms with van der Waals surface area (Å²) in [5.41, 5.74) is 0. The first-order chi connectivity index (χ1) is 8.13. The molecular formula is C13H27NO3. The maximum absolute atomic E-state index is 10.8. The number of rotatable bonds is 11. The highest BCUT2D eigenvalue weighted by Gasteiger charge is 2.14. The number of carboxylic acid groups (broad SMARTS) is 1. The van der Waals surface area contributed by atoms with Crippen LogP contribution in [0.15, 0.2) is 0 Å². The SMILES string of the molecule is CCCCC(CC)CN(CCOC)CC(=O)O. The highest BCUT2D eigenvalue weighted by atomic mass is 16.5. The van der Waals surface area contributed by atoms with Gasteiger partial charge in [-0.15, -0.1) is 0 Å². The van der Waals surface area contributed by atoms with Gasteiger partial charge < -0.3 is 9.84 Å². The molecule has 0 saturated heterocycles. The van der Waals surface area contributed by atoms with Crippen LogP contribution in [0.4, 0.5) is 0 Å². The maximum Gasteiger partial charge on any atom is 0.317 e. The van der Waals surface area contributed by atoms with Gasteiger partial charge in [0.15, 0.2) is 0 Å². The lowest BCUT2D eigenvalue weighted by molar-refractivity contribution is -0.138. The molecule has 0 aromatic carbocycles. The van der Waals surface area contributed by atoms with Gasteiger partial charge in [0.05, 0.1) is 13.2 Å². The topological polar surface area (TPSA) is 49.8 Å². The fourth-order valence-corrected chi connectivity index (χ4v) is 1.93. The zero-order valence-electron chi connectivity index (χ0n) is 11.4. The zero-order valence-corrected chi connectivity index (χ0v) is 11.4. The molecule has 0 fully saturated rings. The van der Waals surface area contributed by atoms with Gasteiger partial charge in [-0.25, -0.2) is 0 Å². The van der Waals surface area contributed by atoms with Crippen LogP contribution in [-0.4, -0.2) is 49.3 Å². The molecular weight excluding hydrogens is 218 g/mol. The van der Waals surface area contributed by atoms with Crippen LogP contribution in [0, 0.1) is 5.92 Å². The Hall–Kier alpha value is -0.610. The van der Waals surface area contributed by atoms with E-state index in [2.05, 4.69) is 13.8 Å². The van der Waals surface area contributed by atoms with Gasteiger partial charge >= 0.3 is 5.97 Å². The van der Waals surface area contributed by atoms with Gasteiger partial charge in [0.25, 0.3) is 0 Å². The second-order valence-electron chi connectivity index (χ2n) is 4.54. The number of carbonyl (C=O) groups is 1. The quantitative estimate of drug-likeness (QED) is 0.606. The molecule has 4 heteroatoms. The van der Waals surface area contributed by atoms with E-state index in [-0.39, 0.29) is 6.54 Å². The van der Waals surface area contributed by atoms with Gasteiger partial charge in [-0.3, -0.25) is 9.69 Å². The summed E-state index contributed by atoms with van der Waals surface area (Å²) in [7, 11) is 1.65. The van der Waals surface area contributed by atoms with Gasteiger partial charge in [0.2, 0.25) is 0 Å². The van der Waals surface area contributed by atoms with Crippen molar-refractivity contribution in [2.75, 3.05) is 33.4 Å². The average Bonchev–Trinajstić information content (AvgIpc) is 2.30. The highest BCUT2D eigenvalue weighted by molar-refractivity contribution is 5.69. The molecule has 0 amide bonds. The number of hydrogen-bond acceptors (Lipinski definition) is 3. The van der Waals surface area contributed by atoms with Crippen molar-refractivity contribution in [3.8, 4) is 0 Å². The Balaban J connectivity index is 4.11. The minimum atomic E-state index is -0.758. The molecule has 0 aromatic rings. The Labute approximate surface area is 105 Å². The Morgan fingerprint density at radius 1 is 1.41 bits per heavy atom. The third-order valence-corrected chi connectivity index (χ3v) is 3.03. The van der Waals surface area contributed by atoms with E-state index in [1.165, 1.54) is 19.3 Å². The first-order valence-electron chi connectivity index (χ1n) is 6.57. The largest absolute Gasteiger partial charge is 0.480 e. The molecule has 0 bridgehead atoms. The first kappa shape index (κ1) is 16.4. The van der Waals surface area contributed by atoms with E-state index in [0.29, 0.717) is 19.1 Å². The monoisotopic (exact) mass is 245 g/mol. The second kappa shape index (κ2) is 10.5. The molecule has 1 unspecified atom stereocenters. The van der Waals surface area contributed by atoms with Crippen molar-refractivity contribution in [1.29, 1.82) is 0 Å². The van der Waals surface area contributed by atoms with Crippen LogP contribution in [0.3, 0.4) is 0 Å². The summed E-state index contributed by atoms with van der Waals surface area (Å²) in [5, 5.41) is 8.86. The lowest BCUT2D eigenvalue weighted by Crippen LogP contribution is -2.36. The number of aliphatic carboxylic acids is 1. The van der Waals surface area contributed by atoms with Crippen LogP contribution >= 0.6 is 0 Å². The third kappa shape index (κ3) is 9.12. The number of hydrogen-bond donors (Lipinski definition) is 1. The van der Waals surface area contributed by atoms with Crippen LogP contribution < -0.4 is 0 Å². The minimum Gasteiger partial charge on any atom is -0.480 e. The molecule has 0 aliphatic heterocycles. The Morgan fingerprint density at radius 2 is 2.12 bits per heavy atom. The molecule has 0 saturated carbocycles. The van der Waals surface area contributed by atoms with Crippen molar-refractivity contribution in [3.05, 3.63) is 0 Å². The van der Waals surface area contributed by atoms with E-state index < -0.39 is 5.97 Å². The van der Waals surface area contributed by atoms with E-state index in [1.54, 1.807) is 7.11 Å². The van der Waals surface area contributed by atoms with Crippen LogP contribution in [0.1, 0.15) is 39.5 Å². The van der Waals surface area contributed by atoms with Crippen LogP contribution in [-0.2, 0) is 9.53 Å². The number of ether oxygens (including phenoxy) is 1. The summed E-state index contributed by atoms with van der Waals surface area (Å²) < 4.78 is 5.02. The van der Waals surface area contributed by atoms with Crippen molar-refractivity contribution in [3.63, 3.8) is 0 Å². The van der Waals surface area contributed by atoms with Crippen molar-refractivity contribution < 1.29 is 14.6 Å². The van der Waals surface area contributed by atoms with Crippen molar-refractivity contribution in [1.82, 2.24) is 4.90 Å².